The van der Waals surface area contributed by atoms with Crippen LogP contribution in [0.15, 0.2) is 0 Å². The van der Waals surface area contributed by atoms with E-state index < -0.39 is 0 Å². The number of aromatic nitrogens is 2. The lowest BCUT2D eigenvalue weighted by molar-refractivity contribution is 0.283. The Balaban J connectivity index is 1.77. The van der Waals surface area contributed by atoms with Crippen molar-refractivity contribution in [3.05, 3.63) is 17.0 Å². The molecule has 94 valence electrons. The van der Waals surface area contributed by atoms with Crippen molar-refractivity contribution in [2.45, 2.75) is 52.0 Å². The lowest BCUT2D eigenvalue weighted by Gasteiger charge is -2.22. The Morgan fingerprint density at radius 3 is 2.65 bits per heavy atom. The Morgan fingerprint density at radius 2 is 2.12 bits per heavy atom. The number of nitrogens with zero attached hydrogens (tertiary/aromatic N) is 2. The van der Waals surface area contributed by atoms with Crippen molar-refractivity contribution in [3.63, 3.8) is 0 Å². The Hall–Kier alpha value is -0.500. The second-order valence-electron chi connectivity index (χ2n) is 5.90. The molecule has 2 saturated carbocycles. The summed E-state index contributed by atoms with van der Waals surface area (Å²) < 4.78 is 2.21. The number of alkyl halides is 1. The van der Waals surface area contributed by atoms with Crippen LogP contribution >= 0.6 is 11.6 Å². The molecule has 0 aromatic carbocycles. The number of hydrogen-bond donors (Lipinski definition) is 0. The van der Waals surface area contributed by atoms with Gasteiger partial charge in [-0.05, 0) is 50.9 Å². The zero-order valence-electron chi connectivity index (χ0n) is 10.7. The summed E-state index contributed by atoms with van der Waals surface area (Å²) in [6.07, 6.45) is 5.84. The smallest absolute Gasteiger partial charge is 0.0640 e. The number of halogens is 1. The monoisotopic (exact) mass is 252 g/mol. The van der Waals surface area contributed by atoms with E-state index in [1.54, 1.807) is 0 Å². The minimum Gasteiger partial charge on any atom is -0.269 e. The third kappa shape index (κ3) is 1.91. The normalized spacial score (nSPS) is 31.4. The van der Waals surface area contributed by atoms with Gasteiger partial charge in [-0.25, -0.2) is 0 Å². The highest BCUT2D eigenvalue weighted by molar-refractivity contribution is 6.17. The molecule has 2 aliphatic carbocycles. The highest BCUT2D eigenvalue weighted by Gasteiger charge is 2.39. The van der Waals surface area contributed by atoms with Crippen LogP contribution in [0.1, 0.15) is 42.6 Å². The molecular formula is C14H21ClN2. The third-order valence-corrected chi connectivity index (χ3v) is 5.22. The molecule has 0 aliphatic heterocycles. The van der Waals surface area contributed by atoms with E-state index in [1.807, 2.05) is 0 Å². The quantitative estimate of drug-likeness (QED) is 0.751. The molecule has 2 fully saturated rings. The van der Waals surface area contributed by atoms with Crippen molar-refractivity contribution < 1.29 is 0 Å². The summed E-state index contributed by atoms with van der Waals surface area (Å²) in [7, 11) is 0. The van der Waals surface area contributed by atoms with Crippen molar-refractivity contribution in [3.8, 4) is 0 Å². The maximum Gasteiger partial charge on any atom is 0.0640 e. The summed E-state index contributed by atoms with van der Waals surface area (Å²) in [5.74, 6) is 3.46. The van der Waals surface area contributed by atoms with Gasteiger partial charge in [0, 0.05) is 17.8 Å². The van der Waals surface area contributed by atoms with Crippen LogP contribution < -0.4 is 0 Å². The predicted octanol–water partition coefficient (Wildman–Crippen LogP) is 3.67. The first-order valence-corrected chi connectivity index (χ1v) is 7.31. The number of rotatable bonds is 3. The molecule has 2 bridgehead atoms. The zero-order chi connectivity index (χ0) is 12.0. The molecule has 17 heavy (non-hydrogen) atoms. The van der Waals surface area contributed by atoms with Crippen LogP contribution in [-0.4, -0.2) is 9.78 Å². The van der Waals surface area contributed by atoms with E-state index in [-0.39, 0.29) is 0 Å². The molecule has 1 aromatic heterocycles. The summed E-state index contributed by atoms with van der Waals surface area (Å²) in [6.45, 7) is 5.34. The average Bonchev–Trinajstić information content (AvgIpc) is 2.96. The van der Waals surface area contributed by atoms with Gasteiger partial charge < -0.3 is 0 Å². The van der Waals surface area contributed by atoms with Crippen LogP contribution in [0.2, 0.25) is 0 Å². The number of hydrogen-bond acceptors (Lipinski definition) is 1. The fraction of sp³-hybridized carbons (Fsp3) is 0.786. The summed E-state index contributed by atoms with van der Waals surface area (Å²) in [5.41, 5.74) is 3.62. The largest absolute Gasteiger partial charge is 0.269 e. The van der Waals surface area contributed by atoms with Crippen LogP contribution in [-0.2, 0) is 12.4 Å². The summed E-state index contributed by atoms with van der Waals surface area (Å²) in [6, 6.07) is 0. The topological polar surface area (TPSA) is 17.8 Å². The Kier molecular flexibility index (Phi) is 2.94. The van der Waals surface area contributed by atoms with E-state index >= 15 is 0 Å². The second kappa shape index (κ2) is 4.31. The molecule has 3 atom stereocenters. The van der Waals surface area contributed by atoms with Crippen LogP contribution in [0.5, 0.6) is 0 Å². The van der Waals surface area contributed by atoms with E-state index in [9.17, 15) is 0 Å². The standard InChI is InChI=1S/C14H21ClN2/c1-9-14(7-15)10(2)17(16-9)8-13-6-11-3-4-12(13)5-11/h11-13H,3-8H2,1-2H3. The maximum atomic E-state index is 5.98. The Labute approximate surface area is 108 Å². The fourth-order valence-corrected chi connectivity index (χ4v) is 4.31. The molecule has 3 heteroatoms. The van der Waals surface area contributed by atoms with Gasteiger partial charge in [0.05, 0.1) is 11.6 Å². The van der Waals surface area contributed by atoms with Crippen LogP contribution in [0, 0.1) is 31.6 Å². The Bertz CT molecular complexity index is 424. The van der Waals surface area contributed by atoms with Gasteiger partial charge >= 0.3 is 0 Å². The van der Waals surface area contributed by atoms with E-state index in [2.05, 4.69) is 23.6 Å². The van der Waals surface area contributed by atoms with Gasteiger partial charge in [-0.1, -0.05) is 6.42 Å². The third-order valence-electron chi connectivity index (χ3n) is 4.96. The average molecular weight is 253 g/mol. The molecule has 3 rings (SSSR count). The van der Waals surface area contributed by atoms with Crippen molar-refractivity contribution in [2.75, 3.05) is 0 Å². The van der Waals surface area contributed by atoms with Gasteiger partial charge in [0.1, 0.15) is 0 Å². The second-order valence-corrected chi connectivity index (χ2v) is 6.17. The molecule has 2 nitrogen and oxygen atoms in total. The number of aryl methyl sites for hydroxylation is 1. The van der Waals surface area contributed by atoms with Crippen LogP contribution in [0.4, 0.5) is 0 Å². The zero-order valence-corrected chi connectivity index (χ0v) is 11.5. The lowest BCUT2D eigenvalue weighted by Crippen LogP contribution is -2.18. The molecular weight excluding hydrogens is 232 g/mol. The molecule has 1 heterocycles. The highest BCUT2D eigenvalue weighted by atomic mass is 35.5. The molecule has 0 saturated heterocycles. The summed E-state index contributed by atoms with van der Waals surface area (Å²) >= 11 is 5.98. The van der Waals surface area contributed by atoms with Crippen LogP contribution in [0.25, 0.3) is 0 Å². The van der Waals surface area contributed by atoms with Crippen molar-refractivity contribution in [1.82, 2.24) is 9.78 Å². The van der Waals surface area contributed by atoms with Gasteiger partial charge in [0.15, 0.2) is 0 Å². The predicted molar refractivity (Wildman–Crippen MR) is 70.2 cm³/mol. The van der Waals surface area contributed by atoms with E-state index in [0.717, 1.165) is 30.0 Å². The molecule has 2 aliphatic rings. The Morgan fingerprint density at radius 1 is 1.29 bits per heavy atom. The molecule has 0 radical (unpaired) electrons. The first-order valence-electron chi connectivity index (χ1n) is 6.78. The molecule has 0 N–H and O–H groups in total. The summed E-state index contributed by atoms with van der Waals surface area (Å²) in [5, 5.41) is 4.66. The van der Waals surface area contributed by atoms with Crippen LogP contribution in [0.3, 0.4) is 0 Å². The van der Waals surface area contributed by atoms with Gasteiger partial charge in [-0.3, -0.25) is 4.68 Å². The number of fused-ring (bicyclic) bond motifs is 2. The van der Waals surface area contributed by atoms with Gasteiger partial charge in [0.25, 0.3) is 0 Å². The van der Waals surface area contributed by atoms with Gasteiger partial charge in [0.2, 0.25) is 0 Å². The molecule has 1 aromatic rings. The minimum absolute atomic E-state index is 0.592. The maximum absolute atomic E-state index is 5.98. The van der Waals surface area contributed by atoms with Gasteiger partial charge in [-0.15, -0.1) is 11.6 Å². The van der Waals surface area contributed by atoms with E-state index in [4.69, 9.17) is 11.6 Å². The highest BCUT2D eigenvalue weighted by Crippen LogP contribution is 2.48. The molecule has 0 amide bonds. The van der Waals surface area contributed by atoms with Crippen molar-refractivity contribution >= 4 is 11.6 Å². The first kappa shape index (κ1) is 11.6. The SMILES string of the molecule is Cc1nn(CC2CC3CCC2C3)c(C)c1CCl. The van der Waals surface area contributed by atoms with Gasteiger partial charge in [-0.2, -0.15) is 5.10 Å². The summed E-state index contributed by atoms with van der Waals surface area (Å²) in [4.78, 5) is 0. The molecule has 0 spiro atoms. The first-order chi connectivity index (χ1) is 8.19. The van der Waals surface area contributed by atoms with E-state index in [0.29, 0.717) is 5.88 Å². The lowest BCUT2D eigenvalue weighted by atomic mass is 9.89. The minimum atomic E-state index is 0.592. The van der Waals surface area contributed by atoms with Crippen molar-refractivity contribution in [2.24, 2.45) is 17.8 Å². The van der Waals surface area contributed by atoms with E-state index in [1.165, 1.54) is 36.9 Å². The van der Waals surface area contributed by atoms with Crippen molar-refractivity contribution in [1.29, 1.82) is 0 Å². The fourth-order valence-electron chi connectivity index (χ4n) is 3.93. The molecule has 3 unspecified atom stereocenters.